The second-order valence-electron chi connectivity index (χ2n) is 8.87. The van der Waals surface area contributed by atoms with Gasteiger partial charge in [-0.1, -0.05) is 34.7 Å². The molecule has 216 valence electrons. The van der Waals surface area contributed by atoms with Crippen LogP contribution in [0.25, 0.3) is 0 Å². The summed E-state index contributed by atoms with van der Waals surface area (Å²) in [5.41, 5.74) is 2.06. The highest BCUT2D eigenvalue weighted by Crippen LogP contribution is 2.24. The summed E-state index contributed by atoms with van der Waals surface area (Å²) in [6.07, 6.45) is -3.03. The number of halogens is 4. The zero-order valence-corrected chi connectivity index (χ0v) is 22.4. The molecule has 0 aliphatic carbocycles. The lowest BCUT2D eigenvalue weighted by Gasteiger charge is -2.09. The summed E-state index contributed by atoms with van der Waals surface area (Å²) < 4.78 is 56.9. The van der Waals surface area contributed by atoms with Crippen LogP contribution in [-0.2, 0) is 30.7 Å². The first-order chi connectivity index (χ1) is 19.5. The number of alkyl halides is 4. The summed E-state index contributed by atoms with van der Waals surface area (Å²) in [4.78, 5) is 28.8. The molecule has 0 aliphatic heterocycles. The van der Waals surface area contributed by atoms with Gasteiger partial charge in [0, 0.05) is 24.9 Å². The summed E-state index contributed by atoms with van der Waals surface area (Å²) in [5, 5.41) is 21.3. The molecule has 1 unspecified atom stereocenters. The number of benzene rings is 1. The third kappa shape index (κ3) is 9.59. The summed E-state index contributed by atoms with van der Waals surface area (Å²) in [5.74, 6) is -1.39. The monoisotopic (exact) mass is 592 g/mol. The Morgan fingerprint density at radius 2 is 1.95 bits per heavy atom. The van der Waals surface area contributed by atoms with Gasteiger partial charge < -0.3 is 15.4 Å². The van der Waals surface area contributed by atoms with E-state index in [1.807, 2.05) is 19.1 Å². The molecule has 0 radical (unpaired) electrons. The Kier molecular flexibility index (Phi) is 9.54. The number of ether oxygens (including phenoxy) is 1. The van der Waals surface area contributed by atoms with E-state index in [2.05, 4.69) is 40.9 Å². The van der Waals surface area contributed by atoms with Crippen LogP contribution in [0.3, 0.4) is 0 Å². The largest absolute Gasteiger partial charge is 0.573 e. The minimum Gasteiger partial charge on any atom is -0.406 e. The van der Waals surface area contributed by atoms with Gasteiger partial charge in [0.1, 0.15) is 16.9 Å². The molecule has 1 aromatic carbocycles. The van der Waals surface area contributed by atoms with Gasteiger partial charge in [0.05, 0.1) is 19.2 Å². The molecule has 0 bridgehead atoms. The third-order valence-electron chi connectivity index (χ3n) is 5.46. The van der Waals surface area contributed by atoms with Crippen LogP contribution in [0.15, 0.2) is 48.8 Å². The molecule has 0 spiro atoms. The Morgan fingerprint density at radius 1 is 1.12 bits per heavy atom. The first-order valence-electron chi connectivity index (χ1n) is 12.2. The van der Waals surface area contributed by atoms with Gasteiger partial charge in [-0.15, -0.1) is 28.5 Å². The zero-order chi connectivity index (χ0) is 29.4. The Balaban J connectivity index is 1.19. The Morgan fingerprint density at radius 3 is 2.71 bits per heavy atom. The molecule has 0 fully saturated rings. The SMILES string of the molecule is Cc1ccc(CNC(=O)c2cn(CC(F)CCc3nnc(NC(=O)Cc4cccc(OC(F)(F)F)c4)s3)nn2)cn1. The maximum Gasteiger partial charge on any atom is 0.573 e. The molecule has 3 aromatic heterocycles. The number of anilines is 1. The van der Waals surface area contributed by atoms with Gasteiger partial charge >= 0.3 is 6.36 Å². The Bertz CT molecular complexity index is 1480. The smallest absolute Gasteiger partial charge is 0.406 e. The second-order valence-corrected chi connectivity index (χ2v) is 9.94. The van der Waals surface area contributed by atoms with Crippen molar-refractivity contribution < 1.29 is 31.9 Å². The first-order valence-corrected chi connectivity index (χ1v) is 13.0. The van der Waals surface area contributed by atoms with E-state index in [-0.39, 0.29) is 43.2 Å². The van der Waals surface area contributed by atoms with Crippen LogP contribution in [0.2, 0.25) is 0 Å². The van der Waals surface area contributed by atoms with E-state index in [0.717, 1.165) is 34.7 Å². The molecule has 0 saturated heterocycles. The number of carbonyl (C=O) groups is 2. The maximum atomic E-state index is 14.6. The molecule has 3 heterocycles. The Hall–Kier alpha value is -4.47. The lowest BCUT2D eigenvalue weighted by atomic mass is 10.1. The van der Waals surface area contributed by atoms with Crippen LogP contribution in [-0.4, -0.2) is 54.5 Å². The van der Waals surface area contributed by atoms with Crippen LogP contribution >= 0.6 is 11.3 Å². The van der Waals surface area contributed by atoms with E-state index in [9.17, 15) is 27.2 Å². The van der Waals surface area contributed by atoms with E-state index in [0.29, 0.717) is 10.6 Å². The number of amides is 2. The molecule has 2 N–H and O–H groups in total. The molecule has 16 heteroatoms. The van der Waals surface area contributed by atoms with E-state index < -0.39 is 30.1 Å². The van der Waals surface area contributed by atoms with Crippen molar-refractivity contribution >= 4 is 28.3 Å². The lowest BCUT2D eigenvalue weighted by Crippen LogP contribution is -2.23. The van der Waals surface area contributed by atoms with Crippen molar-refractivity contribution in [3.05, 3.63) is 76.3 Å². The summed E-state index contributed by atoms with van der Waals surface area (Å²) in [6.45, 7) is 2.00. The van der Waals surface area contributed by atoms with Crippen molar-refractivity contribution in [2.45, 2.75) is 51.8 Å². The predicted octanol–water partition coefficient (Wildman–Crippen LogP) is 3.81. The maximum absolute atomic E-state index is 14.6. The van der Waals surface area contributed by atoms with Crippen LogP contribution in [0.5, 0.6) is 5.75 Å². The van der Waals surface area contributed by atoms with Crippen LogP contribution < -0.4 is 15.4 Å². The summed E-state index contributed by atoms with van der Waals surface area (Å²) in [7, 11) is 0. The standard InChI is InChI=1S/C25H24F4N8O3S/c1-15-5-6-17(11-30-15)12-31-23(39)20-14-37(36-33-20)13-18(26)7-8-22-34-35-24(41-22)32-21(38)10-16-3-2-4-19(9-16)40-25(27,28)29/h2-6,9,11,14,18H,7-8,10,12-13H2,1H3,(H,31,39)(H,32,35,38). The predicted molar refractivity (Wildman–Crippen MR) is 139 cm³/mol. The van der Waals surface area contributed by atoms with Gasteiger partial charge in [-0.25, -0.2) is 9.07 Å². The molecule has 2 amide bonds. The van der Waals surface area contributed by atoms with E-state index >= 15 is 0 Å². The number of hydrogen-bond acceptors (Lipinski definition) is 9. The topological polar surface area (TPSA) is 137 Å². The van der Waals surface area contributed by atoms with Crippen molar-refractivity contribution in [1.82, 2.24) is 35.5 Å². The van der Waals surface area contributed by atoms with Gasteiger partial charge in [-0.3, -0.25) is 14.6 Å². The van der Waals surface area contributed by atoms with Gasteiger partial charge in [-0.05, 0) is 42.7 Å². The molecule has 4 aromatic rings. The molecule has 1 atom stereocenters. The molecule has 0 saturated carbocycles. The number of nitrogens with one attached hydrogen (secondary N) is 2. The van der Waals surface area contributed by atoms with E-state index in [4.69, 9.17) is 0 Å². The number of nitrogens with zero attached hydrogens (tertiary/aromatic N) is 6. The van der Waals surface area contributed by atoms with Crippen molar-refractivity contribution in [3.8, 4) is 5.75 Å². The molecule has 11 nitrogen and oxygen atoms in total. The first kappa shape index (κ1) is 29.5. The fourth-order valence-corrected chi connectivity index (χ4v) is 4.32. The van der Waals surface area contributed by atoms with Gasteiger partial charge in [0.2, 0.25) is 11.0 Å². The normalized spacial score (nSPS) is 12.1. The lowest BCUT2D eigenvalue weighted by molar-refractivity contribution is -0.274. The number of aryl methyl sites for hydroxylation is 2. The van der Waals surface area contributed by atoms with Crippen LogP contribution in [0.1, 0.15) is 38.7 Å². The number of pyridine rings is 1. The molecular formula is C25H24F4N8O3S. The molecule has 41 heavy (non-hydrogen) atoms. The molecule has 4 rings (SSSR count). The number of aromatic nitrogens is 6. The van der Waals surface area contributed by atoms with Gasteiger partial charge in [0.15, 0.2) is 5.69 Å². The highest BCUT2D eigenvalue weighted by molar-refractivity contribution is 7.15. The minimum atomic E-state index is -4.84. The van der Waals surface area contributed by atoms with Crippen molar-refractivity contribution in [3.63, 3.8) is 0 Å². The second kappa shape index (κ2) is 13.3. The van der Waals surface area contributed by atoms with E-state index in [1.54, 1.807) is 6.20 Å². The van der Waals surface area contributed by atoms with Crippen molar-refractivity contribution in [2.75, 3.05) is 5.32 Å². The highest BCUT2D eigenvalue weighted by atomic mass is 32.1. The highest BCUT2D eigenvalue weighted by Gasteiger charge is 2.31. The van der Waals surface area contributed by atoms with Gasteiger partial charge in [-0.2, -0.15) is 0 Å². The number of carbonyl (C=O) groups excluding carboxylic acids is 2. The fraction of sp³-hybridized carbons (Fsp3) is 0.320. The third-order valence-corrected chi connectivity index (χ3v) is 6.36. The minimum absolute atomic E-state index is 0.0568. The van der Waals surface area contributed by atoms with Crippen LogP contribution in [0, 0.1) is 6.92 Å². The van der Waals surface area contributed by atoms with Crippen LogP contribution in [0.4, 0.5) is 22.7 Å². The summed E-state index contributed by atoms with van der Waals surface area (Å²) in [6, 6.07) is 8.77. The fourth-order valence-electron chi connectivity index (χ4n) is 3.55. The van der Waals surface area contributed by atoms with Crippen molar-refractivity contribution in [1.29, 1.82) is 0 Å². The van der Waals surface area contributed by atoms with Crippen molar-refractivity contribution in [2.24, 2.45) is 0 Å². The molecule has 0 aliphatic rings. The number of hydrogen-bond donors (Lipinski definition) is 2. The summed E-state index contributed by atoms with van der Waals surface area (Å²) >= 11 is 1.06. The average molecular weight is 593 g/mol. The average Bonchev–Trinajstić information content (AvgIpc) is 3.55. The molecular weight excluding hydrogens is 568 g/mol. The van der Waals surface area contributed by atoms with Gasteiger partial charge in [0.25, 0.3) is 5.91 Å². The Labute approximate surface area is 235 Å². The quantitative estimate of drug-likeness (QED) is 0.237. The zero-order valence-electron chi connectivity index (χ0n) is 21.6. The number of rotatable bonds is 12. The van der Waals surface area contributed by atoms with E-state index in [1.165, 1.54) is 23.0 Å².